The molecule has 0 amide bonds. The van der Waals surface area contributed by atoms with Crippen molar-refractivity contribution < 1.29 is 0 Å². The van der Waals surface area contributed by atoms with Crippen molar-refractivity contribution in [2.45, 2.75) is 20.3 Å². The van der Waals surface area contributed by atoms with Crippen LogP contribution in [0.5, 0.6) is 0 Å². The zero-order chi connectivity index (χ0) is 21.8. The molecule has 30 heavy (non-hydrogen) atoms. The number of hydrogen-bond acceptors (Lipinski definition) is 2. The van der Waals surface area contributed by atoms with Gasteiger partial charge in [0.05, 0.1) is 11.4 Å². The predicted molar refractivity (Wildman–Crippen MR) is 134 cm³/mol. The minimum absolute atomic E-state index is 0.738. The van der Waals surface area contributed by atoms with Crippen LogP contribution >= 0.6 is 0 Å². The number of nitrogens with zero attached hydrogens (tertiary/aromatic N) is 2. The molecule has 0 saturated carbocycles. The Morgan fingerprint density at radius 2 is 1.53 bits per heavy atom. The molecular formula is C28H30N2. The van der Waals surface area contributed by atoms with Gasteiger partial charge in [-0.05, 0) is 55.3 Å². The van der Waals surface area contributed by atoms with Crippen LogP contribution in [0.2, 0.25) is 0 Å². The lowest BCUT2D eigenvalue weighted by Gasteiger charge is -2.14. The minimum atomic E-state index is 0.738. The summed E-state index contributed by atoms with van der Waals surface area (Å²) in [5.74, 6) is 0. The van der Waals surface area contributed by atoms with Crippen LogP contribution in [0.1, 0.15) is 31.4 Å². The molecule has 2 heteroatoms. The van der Waals surface area contributed by atoms with Crippen LogP contribution in [-0.2, 0) is 0 Å². The Morgan fingerprint density at radius 3 is 2.00 bits per heavy atom. The van der Waals surface area contributed by atoms with Crippen LogP contribution in [0.3, 0.4) is 0 Å². The quantitative estimate of drug-likeness (QED) is 0.241. The summed E-state index contributed by atoms with van der Waals surface area (Å²) in [6, 6.07) is 20.6. The van der Waals surface area contributed by atoms with Gasteiger partial charge in [0.1, 0.15) is 0 Å². The first-order valence-corrected chi connectivity index (χ1v) is 10.1. The van der Waals surface area contributed by atoms with Crippen molar-refractivity contribution in [2.24, 2.45) is 9.98 Å². The third kappa shape index (κ3) is 5.74. The van der Waals surface area contributed by atoms with Gasteiger partial charge in [-0.1, -0.05) is 85.0 Å². The molecule has 0 aliphatic carbocycles. The number of rotatable bonds is 9. The van der Waals surface area contributed by atoms with Crippen molar-refractivity contribution in [3.05, 3.63) is 120 Å². The van der Waals surface area contributed by atoms with E-state index in [0.717, 1.165) is 45.7 Å². The molecule has 2 rings (SSSR count). The average molecular weight is 395 g/mol. The second kappa shape index (κ2) is 12.1. The van der Waals surface area contributed by atoms with Crippen molar-refractivity contribution in [3.63, 3.8) is 0 Å². The Hall–Kier alpha value is -3.52. The second-order valence-electron chi connectivity index (χ2n) is 6.63. The molecule has 0 aliphatic heterocycles. The molecule has 0 N–H and O–H groups in total. The van der Waals surface area contributed by atoms with Gasteiger partial charge < -0.3 is 0 Å². The zero-order valence-electron chi connectivity index (χ0n) is 18.2. The monoisotopic (exact) mass is 394 g/mol. The van der Waals surface area contributed by atoms with E-state index in [1.165, 1.54) is 0 Å². The Bertz CT molecular complexity index is 1000. The average Bonchev–Trinajstić information content (AvgIpc) is 2.80. The summed E-state index contributed by atoms with van der Waals surface area (Å²) in [6.07, 6.45) is 10.9. The predicted octanol–water partition coefficient (Wildman–Crippen LogP) is 7.35. The summed E-state index contributed by atoms with van der Waals surface area (Å²) >= 11 is 0. The lowest BCUT2D eigenvalue weighted by molar-refractivity contribution is 1.35. The topological polar surface area (TPSA) is 24.7 Å². The molecule has 0 unspecified atom stereocenters. The molecule has 2 aromatic rings. The summed E-state index contributed by atoms with van der Waals surface area (Å²) in [5, 5.41) is 0. The third-order valence-electron chi connectivity index (χ3n) is 4.71. The van der Waals surface area contributed by atoms with E-state index >= 15 is 0 Å². The van der Waals surface area contributed by atoms with Gasteiger partial charge in [0.25, 0.3) is 0 Å². The first-order chi connectivity index (χ1) is 14.7. The molecule has 0 bridgehead atoms. The molecule has 152 valence electrons. The molecule has 0 fully saturated rings. The van der Waals surface area contributed by atoms with Crippen LogP contribution in [0, 0.1) is 0 Å². The second-order valence-corrected chi connectivity index (χ2v) is 6.63. The number of hydrogen-bond donors (Lipinski definition) is 0. The maximum Gasteiger partial charge on any atom is 0.0952 e. The molecular weight excluding hydrogens is 364 g/mol. The Morgan fingerprint density at radius 1 is 0.933 bits per heavy atom. The summed E-state index contributed by atoms with van der Waals surface area (Å²) in [7, 11) is 1.79. The van der Waals surface area contributed by atoms with Crippen LogP contribution in [0.15, 0.2) is 119 Å². The SMILES string of the molecule is C=CC\C(=C/C(=N\C)C(/N=C)=C(\C=C/C)C(=C\C)/c1ccccc1)c1ccccc1. The van der Waals surface area contributed by atoms with Crippen LogP contribution in [0.4, 0.5) is 0 Å². The fourth-order valence-corrected chi connectivity index (χ4v) is 3.33. The first-order valence-electron chi connectivity index (χ1n) is 10.1. The largest absolute Gasteiger partial charge is 0.286 e. The van der Waals surface area contributed by atoms with Gasteiger partial charge in [-0.3, -0.25) is 9.98 Å². The molecule has 0 saturated heterocycles. The molecule has 2 nitrogen and oxygen atoms in total. The van der Waals surface area contributed by atoms with Gasteiger partial charge >= 0.3 is 0 Å². The fourth-order valence-electron chi connectivity index (χ4n) is 3.33. The van der Waals surface area contributed by atoms with E-state index < -0.39 is 0 Å². The fraction of sp³-hybridized carbons (Fsp3) is 0.143. The van der Waals surface area contributed by atoms with E-state index in [4.69, 9.17) is 0 Å². The third-order valence-corrected chi connectivity index (χ3v) is 4.71. The smallest absolute Gasteiger partial charge is 0.0952 e. The Labute approximate surface area is 181 Å². The lowest BCUT2D eigenvalue weighted by atomic mass is 9.93. The standard InChI is InChI=1S/C28H30N2/c1-6-15-24(22-17-11-9-12-18-22)21-27(29-4)28(30-5)26(16-7-2)25(8-3)23-19-13-10-14-20-23/h6-14,16-21H,1,5,15H2,2-4H3/b16-7-,24-21+,25-8-,28-26-,29-27+. The number of aliphatic imine (C=N–C) groups is 2. The minimum Gasteiger partial charge on any atom is -0.286 e. The Balaban J connectivity index is 2.69. The summed E-state index contributed by atoms with van der Waals surface area (Å²) in [5.41, 5.74) is 7.03. The van der Waals surface area contributed by atoms with E-state index in [1.54, 1.807) is 7.05 Å². The van der Waals surface area contributed by atoms with Gasteiger partial charge in [0.2, 0.25) is 0 Å². The molecule has 0 aliphatic rings. The normalized spacial score (nSPS) is 13.9. The van der Waals surface area contributed by atoms with Crippen LogP contribution < -0.4 is 0 Å². The molecule has 0 aromatic heterocycles. The first kappa shape index (κ1) is 22.8. The molecule has 2 aromatic carbocycles. The number of benzene rings is 2. The van der Waals surface area contributed by atoms with E-state index in [9.17, 15) is 0 Å². The van der Waals surface area contributed by atoms with Gasteiger partial charge in [0.15, 0.2) is 0 Å². The van der Waals surface area contributed by atoms with E-state index in [-0.39, 0.29) is 0 Å². The van der Waals surface area contributed by atoms with Gasteiger partial charge in [-0.2, -0.15) is 0 Å². The van der Waals surface area contributed by atoms with E-state index in [1.807, 2.05) is 62.4 Å². The highest BCUT2D eigenvalue weighted by molar-refractivity contribution is 6.14. The zero-order valence-corrected chi connectivity index (χ0v) is 18.2. The highest BCUT2D eigenvalue weighted by Crippen LogP contribution is 2.29. The van der Waals surface area contributed by atoms with Gasteiger partial charge in [-0.25, -0.2) is 0 Å². The highest BCUT2D eigenvalue weighted by atomic mass is 14.8. The van der Waals surface area contributed by atoms with Gasteiger partial charge in [0, 0.05) is 12.6 Å². The van der Waals surface area contributed by atoms with E-state index in [0.29, 0.717) is 0 Å². The summed E-state index contributed by atoms with van der Waals surface area (Å²) in [4.78, 5) is 8.99. The lowest BCUT2D eigenvalue weighted by Crippen LogP contribution is -2.04. The van der Waals surface area contributed by atoms with Gasteiger partial charge in [-0.15, -0.1) is 6.58 Å². The maximum atomic E-state index is 4.57. The van der Waals surface area contributed by atoms with Crippen molar-refractivity contribution in [2.75, 3.05) is 7.05 Å². The molecule has 0 atom stereocenters. The van der Waals surface area contributed by atoms with E-state index in [2.05, 4.69) is 65.8 Å². The van der Waals surface area contributed by atoms with Crippen molar-refractivity contribution >= 4 is 23.6 Å². The maximum absolute atomic E-state index is 4.57. The van der Waals surface area contributed by atoms with Crippen molar-refractivity contribution in [1.82, 2.24) is 0 Å². The molecule has 0 spiro atoms. The molecule has 0 radical (unpaired) electrons. The summed E-state index contributed by atoms with van der Waals surface area (Å²) < 4.78 is 0. The van der Waals surface area contributed by atoms with Crippen molar-refractivity contribution in [1.29, 1.82) is 0 Å². The molecule has 0 heterocycles. The highest BCUT2D eigenvalue weighted by Gasteiger charge is 2.14. The van der Waals surface area contributed by atoms with Crippen LogP contribution in [-0.4, -0.2) is 19.5 Å². The van der Waals surface area contributed by atoms with Crippen LogP contribution in [0.25, 0.3) is 11.1 Å². The summed E-state index contributed by atoms with van der Waals surface area (Å²) in [6.45, 7) is 11.8. The van der Waals surface area contributed by atoms with Crippen molar-refractivity contribution in [3.8, 4) is 0 Å². The Kier molecular flexibility index (Phi) is 9.20. The number of allylic oxidation sites excluding steroid dienone is 8.